The molecule has 1 aromatic carbocycles. The number of hydrogen-bond donors (Lipinski definition) is 2. The van der Waals surface area contributed by atoms with E-state index in [0.717, 1.165) is 11.1 Å². The van der Waals surface area contributed by atoms with Crippen molar-refractivity contribution in [3.05, 3.63) is 34.3 Å². The maximum Gasteiger partial charge on any atom is 0.339 e. The molecule has 82 valence electrons. The Bertz CT molecular complexity index is 382. The Balaban J connectivity index is 2.96. The van der Waals surface area contributed by atoms with Gasteiger partial charge < -0.3 is 5.73 Å². The summed E-state index contributed by atoms with van der Waals surface area (Å²) >= 11 is 5.86. The van der Waals surface area contributed by atoms with Crippen LogP contribution in [0.1, 0.15) is 24.1 Å². The van der Waals surface area contributed by atoms with Crippen molar-refractivity contribution in [3.8, 4) is 0 Å². The summed E-state index contributed by atoms with van der Waals surface area (Å²) in [4.78, 5) is 10.7. The molecule has 4 nitrogen and oxygen atoms in total. The van der Waals surface area contributed by atoms with Crippen LogP contribution in [0.2, 0.25) is 5.02 Å². The minimum Gasteiger partial charge on any atom is -0.350 e. The summed E-state index contributed by atoms with van der Waals surface area (Å²) in [5.74, 6) is 0. The summed E-state index contributed by atoms with van der Waals surface area (Å²) in [6, 6.07) is 3.90. The average molecular weight is 229 g/mol. The highest BCUT2D eigenvalue weighted by Gasteiger charge is 2.17. The predicted octanol–water partition coefficient (Wildman–Crippen LogP) is 2.48. The number of nitrogens with zero attached hydrogens (tertiary/aromatic N) is 1. The minimum absolute atomic E-state index is 0.488. The first-order valence-electron chi connectivity index (χ1n) is 4.47. The Morgan fingerprint density at radius 1 is 1.60 bits per heavy atom. The molecule has 15 heavy (non-hydrogen) atoms. The topological polar surface area (TPSA) is 66.6 Å². The first-order chi connectivity index (χ1) is 6.93. The van der Waals surface area contributed by atoms with Crippen molar-refractivity contribution in [2.75, 3.05) is 0 Å². The van der Waals surface area contributed by atoms with Crippen LogP contribution in [0.15, 0.2) is 18.2 Å². The maximum absolute atomic E-state index is 10.7. The van der Waals surface area contributed by atoms with Crippen LogP contribution >= 0.6 is 11.6 Å². The lowest BCUT2D eigenvalue weighted by Crippen LogP contribution is -2.34. The summed E-state index contributed by atoms with van der Waals surface area (Å²) in [5.41, 5.74) is 6.62. The van der Waals surface area contributed by atoms with E-state index in [9.17, 15) is 10.0 Å². The third-order valence-electron chi connectivity index (χ3n) is 2.26. The van der Waals surface area contributed by atoms with E-state index in [1.807, 2.05) is 6.92 Å². The Hall–Kier alpha value is -1.26. The first kappa shape index (κ1) is 11.8. The molecule has 0 spiro atoms. The summed E-state index contributed by atoms with van der Waals surface area (Å²) in [5, 5.41) is 10.5. The number of urea groups is 1. The van der Waals surface area contributed by atoms with Crippen LogP contribution in [0.3, 0.4) is 0 Å². The minimum atomic E-state index is -0.880. The van der Waals surface area contributed by atoms with Crippen LogP contribution in [0.25, 0.3) is 0 Å². The molecule has 0 bridgehead atoms. The van der Waals surface area contributed by atoms with Gasteiger partial charge in [0.05, 0.1) is 6.04 Å². The van der Waals surface area contributed by atoms with Crippen molar-refractivity contribution in [2.24, 2.45) is 5.73 Å². The molecular formula is C10H13ClN2O2. The number of hydrogen-bond acceptors (Lipinski definition) is 2. The number of benzene rings is 1. The highest BCUT2D eigenvalue weighted by atomic mass is 35.5. The molecule has 1 aromatic rings. The van der Waals surface area contributed by atoms with E-state index in [2.05, 4.69) is 0 Å². The van der Waals surface area contributed by atoms with Gasteiger partial charge in [-0.05, 0) is 31.0 Å². The molecule has 1 rings (SSSR count). The monoisotopic (exact) mass is 228 g/mol. The number of carbonyl (C=O) groups excluding carboxylic acids is 1. The first-order valence-corrected chi connectivity index (χ1v) is 4.85. The van der Waals surface area contributed by atoms with Gasteiger partial charge in [-0.15, -0.1) is 0 Å². The van der Waals surface area contributed by atoms with Gasteiger partial charge >= 0.3 is 6.03 Å². The highest BCUT2D eigenvalue weighted by molar-refractivity contribution is 6.31. The quantitative estimate of drug-likeness (QED) is 0.603. The van der Waals surface area contributed by atoms with Crippen LogP contribution in [0, 0.1) is 6.92 Å². The maximum atomic E-state index is 10.7. The Morgan fingerprint density at radius 3 is 2.67 bits per heavy atom. The van der Waals surface area contributed by atoms with Gasteiger partial charge in [-0.3, -0.25) is 5.21 Å². The van der Waals surface area contributed by atoms with Gasteiger partial charge in [0.15, 0.2) is 0 Å². The SMILES string of the molecule is Cc1cc(C(C)N(O)C(N)=O)ccc1Cl. The molecule has 0 heterocycles. The van der Waals surface area contributed by atoms with Crippen LogP contribution in [0.5, 0.6) is 0 Å². The van der Waals surface area contributed by atoms with Crippen molar-refractivity contribution in [1.29, 1.82) is 0 Å². The molecule has 5 heteroatoms. The predicted molar refractivity (Wildman–Crippen MR) is 57.8 cm³/mol. The molecular weight excluding hydrogens is 216 g/mol. The number of aryl methyl sites for hydroxylation is 1. The number of nitrogens with two attached hydrogens (primary N) is 1. The Kier molecular flexibility index (Phi) is 3.55. The molecule has 0 aliphatic rings. The largest absolute Gasteiger partial charge is 0.350 e. The zero-order chi connectivity index (χ0) is 11.6. The molecule has 2 amide bonds. The van der Waals surface area contributed by atoms with E-state index in [1.54, 1.807) is 25.1 Å². The molecule has 1 atom stereocenters. The lowest BCUT2D eigenvalue weighted by atomic mass is 10.1. The molecule has 0 saturated carbocycles. The van der Waals surface area contributed by atoms with E-state index in [0.29, 0.717) is 10.1 Å². The molecule has 0 fully saturated rings. The van der Waals surface area contributed by atoms with Crippen molar-refractivity contribution in [3.63, 3.8) is 0 Å². The third kappa shape index (κ3) is 2.61. The van der Waals surface area contributed by atoms with Crippen LogP contribution in [0.4, 0.5) is 4.79 Å². The zero-order valence-electron chi connectivity index (χ0n) is 8.57. The molecule has 0 aliphatic heterocycles. The average Bonchev–Trinajstić information content (AvgIpc) is 2.19. The van der Waals surface area contributed by atoms with E-state index in [4.69, 9.17) is 17.3 Å². The molecule has 3 N–H and O–H groups in total. The van der Waals surface area contributed by atoms with E-state index in [-0.39, 0.29) is 0 Å². The van der Waals surface area contributed by atoms with Gasteiger partial charge in [-0.2, -0.15) is 5.06 Å². The molecule has 0 radical (unpaired) electrons. The number of amides is 2. The van der Waals surface area contributed by atoms with Gasteiger partial charge in [-0.1, -0.05) is 23.7 Å². The number of primary amides is 1. The van der Waals surface area contributed by atoms with Gasteiger partial charge in [0.25, 0.3) is 0 Å². The second kappa shape index (κ2) is 4.51. The standard InChI is InChI=1S/C10H13ClN2O2/c1-6-5-8(3-4-9(6)11)7(2)13(15)10(12)14/h3-5,7,15H,1-2H3,(H2,12,14). The van der Waals surface area contributed by atoms with E-state index >= 15 is 0 Å². The fourth-order valence-electron chi connectivity index (χ4n) is 1.26. The number of rotatable bonds is 2. The summed E-state index contributed by atoms with van der Waals surface area (Å²) < 4.78 is 0. The Morgan fingerprint density at radius 2 is 2.20 bits per heavy atom. The summed E-state index contributed by atoms with van der Waals surface area (Å²) in [7, 11) is 0. The van der Waals surface area contributed by atoms with Crippen LogP contribution in [-0.2, 0) is 0 Å². The number of halogens is 1. The number of carbonyl (C=O) groups is 1. The van der Waals surface area contributed by atoms with E-state index in [1.165, 1.54) is 0 Å². The molecule has 0 saturated heterocycles. The van der Waals surface area contributed by atoms with Gasteiger partial charge in [0, 0.05) is 5.02 Å². The second-order valence-electron chi connectivity index (χ2n) is 3.37. The van der Waals surface area contributed by atoms with Crippen molar-refractivity contribution in [1.82, 2.24) is 5.06 Å². The van der Waals surface area contributed by atoms with Crippen LogP contribution in [-0.4, -0.2) is 16.3 Å². The van der Waals surface area contributed by atoms with Crippen LogP contribution < -0.4 is 5.73 Å². The van der Waals surface area contributed by atoms with Crippen molar-refractivity contribution >= 4 is 17.6 Å². The Labute approximate surface area is 93.2 Å². The second-order valence-corrected chi connectivity index (χ2v) is 3.77. The van der Waals surface area contributed by atoms with Crippen molar-refractivity contribution in [2.45, 2.75) is 19.9 Å². The molecule has 1 unspecified atom stereocenters. The van der Waals surface area contributed by atoms with Gasteiger partial charge in [0.1, 0.15) is 0 Å². The fraction of sp³-hybridized carbons (Fsp3) is 0.300. The lowest BCUT2D eigenvalue weighted by Gasteiger charge is -2.21. The van der Waals surface area contributed by atoms with Gasteiger partial charge in [-0.25, -0.2) is 4.79 Å². The molecule has 0 aliphatic carbocycles. The normalized spacial score (nSPS) is 12.3. The summed E-state index contributed by atoms with van der Waals surface area (Å²) in [6.45, 7) is 3.53. The smallest absolute Gasteiger partial charge is 0.339 e. The number of hydroxylamine groups is 2. The zero-order valence-corrected chi connectivity index (χ0v) is 9.32. The lowest BCUT2D eigenvalue weighted by molar-refractivity contribution is -0.0710. The van der Waals surface area contributed by atoms with E-state index < -0.39 is 12.1 Å². The fourth-order valence-corrected chi connectivity index (χ4v) is 1.38. The molecule has 0 aromatic heterocycles. The van der Waals surface area contributed by atoms with Gasteiger partial charge in [0.2, 0.25) is 0 Å². The third-order valence-corrected chi connectivity index (χ3v) is 2.68. The summed E-state index contributed by atoms with van der Waals surface area (Å²) in [6.07, 6.45) is 0. The van der Waals surface area contributed by atoms with Crippen molar-refractivity contribution < 1.29 is 10.0 Å². The highest BCUT2D eigenvalue weighted by Crippen LogP contribution is 2.23.